The Hall–Kier alpha value is -1.69. The number of nitrogens with zero attached hydrogens (tertiary/aromatic N) is 3. The molecule has 0 spiro atoms. The third kappa shape index (κ3) is 3.39. The number of halogens is 1. The largest absolute Gasteiger partial charge is 0.323 e. The van der Waals surface area contributed by atoms with Crippen LogP contribution in [0.2, 0.25) is 0 Å². The Kier molecular flexibility index (Phi) is 3.53. The fourth-order valence-electron chi connectivity index (χ4n) is 1.40. The van der Waals surface area contributed by atoms with Gasteiger partial charge in [-0.3, -0.25) is 9.48 Å². The monoisotopic (exact) mass is 294 g/mol. The lowest BCUT2D eigenvalue weighted by atomic mass is 10.2. The van der Waals surface area contributed by atoms with Gasteiger partial charge in [0.1, 0.15) is 4.60 Å². The van der Waals surface area contributed by atoms with E-state index in [2.05, 4.69) is 31.3 Å². The highest BCUT2D eigenvalue weighted by molar-refractivity contribution is 9.10. The fraction of sp³-hybridized carbons (Fsp3) is 0.182. The molecule has 5 nitrogen and oxygen atoms in total. The number of aromatic nitrogens is 3. The highest BCUT2D eigenvalue weighted by Crippen LogP contribution is 2.08. The van der Waals surface area contributed by atoms with Crippen LogP contribution in [-0.4, -0.2) is 20.7 Å². The standard InChI is InChI=1S/C11H11BrN4O/c1-16-7-9(6-13-16)15-11(17)5-8-3-2-4-10(12)14-8/h2-4,6-7H,5H2,1H3,(H,15,17). The predicted octanol–water partition coefficient (Wildman–Crippen LogP) is 1.76. The van der Waals surface area contributed by atoms with Crippen LogP contribution in [0.4, 0.5) is 5.69 Å². The predicted molar refractivity (Wildman–Crippen MR) is 67.5 cm³/mol. The van der Waals surface area contributed by atoms with Gasteiger partial charge in [-0.15, -0.1) is 0 Å². The number of carbonyl (C=O) groups is 1. The first-order chi connectivity index (χ1) is 8.13. The van der Waals surface area contributed by atoms with Crippen LogP contribution in [-0.2, 0) is 18.3 Å². The first-order valence-electron chi connectivity index (χ1n) is 5.03. The van der Waals surface area contributed by atoms with E-state index in [1.807, 2.05) is 18.2 Å². The zero-order valence-electron chi connectivity index (χ0n) is 9.22. The fourth-order valence-corrected chi connectivity index (χ4v) is 1.78. The third-order valence-corrected chi connectivity index (χ3v) is 2.54. The average molecular weight is 295 g/mol. The van der Waals surface area contributed by atoms with Crippen LogP contribution in [0.5, 0.6) is 0 Å². The Labute approximate surface area is 107 Å². The van der Waals surface area contributed by atoms with Crippen LogP contribution in [0.25, 0.3) is 0 Å². The number of rotatable bonds is 3. The molecule has 0 atom stereocenters. The molecule has 0 bridgehead atoms. The Morgan fingerprint density at radius 2 is 2.35 bits per heavy atom. The topological polar surface area (TPSA) is 59.8 Å². The maximum Gasteiger partial charge on any atom is 0.230 e. The second-order valence-corrected chi connectivity index (χ2v) is 4.39. The van der Waals surface area contributed by atoms with Gasteiger partial charge in [0, 0.05) is 13.2 Å². The van der Waals surface area contributed by atoms with Gasteiger partial charge in [-0.1, -0.05) is 6.07 Å². The summed E-state index contributed by atoms with van der Waals surface area (Å²) < 4.78 is 2.36. The summed E-state index contributed by atoms with van der Waals surface area (Å²) in [5, 5.41) is 6.72. The normalized spacial score (nSPS) is 10.2. The third-order valence-electron chi connectivity index (χ3n) is 2.10. The molecule has 0 aromatic carbocycles. The van der Waals surface area contributed by atoms with E-state index in [1.54, 1.807) is 24.1 Å². The summed E-state index contributed by atoms with van der Waals surface area (Å²) in [6.45, 7) is 0. The van der Waals surface area contributed by atoms with Gasteiger partial charge in [-0.05, 0) is 28.1 Å². The number of pyridine rings is 1. The maximum atomic E-state index is 11.7. The first-order valence-corrected chi connectivity index (χ1v) is 5.83. The van der Waals surface area contributed by atoms with E-state index in [4.69, 9.17) is 0 Å². The molecule has 2 rings (SSSR count). The van der Waals surface area contributed by atoms with Gasteiger partial charge in [0.05, 0.1) is 24.0 Å². The van der Waals surface area contributed by atoms with Crippen molar-refractivity contribution in [2.24, 2.45) is 7.05 Å². The van der Waals surface area contributed by atoms with Crippen LogP contribution < -0.4 is 5.32 Å². The van der Waals surface area contributed by atoms with Crippen molar-refractivity contribution in [1.29, 1.82) is 0 Å². The minimum atomic E-state index is -0.108. The molecule has 2 aromatic rings. The molecule has 0 saturated carbocycles. The van der Waals surface area contributed by atoms with E-state index in [0.717, 1.165) is 10.3 Å². The molecule has 0 aliphatic heterocycles. The summed E-state index contributed by atoms with van der Waals surface area (Å²) in [4.78, 5) is 15.9. The van der Waals surface area contributed by atoms with Crippen LogP contribution in [0, 0.1) is 0 Å². The molecule has 88 valence electrons. The molecule has 17 heavy (non-hydrogen) atoms. The molecule has 0 saturated heterocycles. The van der Waals surface area contributed by atoms with Crippen LogP contribution in [0.3, 0.4) is 0 Å². The maximum absolute atomic E-state index is 11.7. The van der Waals surface area contributed by atoms with Gasteiger partial charge in [0.2, 0.25) is 5.91 Å². The molecule has 1 N–H and O–H groups in total. The number of amides is 1. The number of hydrogen-bond donors (Lipinski definition) is 1. The van der Waals surface area contributed by atoms with Gasteiger partial charge in [-0.2, -0.15) is 5.10 Å². The van der Waals surface area contributed by atoms with Crippen molar-refractivity contribution in [2.75, 3.05) is 5.32 Å². The Morgan fingerprint density at radius 3 is 3.00 bits per heavy atom. The van der Waals surface area contributed by atoms with E-state index >= 15 is 0 Å². The van der Waals surface area contributed by atoms with Crippen molar-refractivity contribution >= 4 is 27.5 Å². The van der Waals surface area contributed by atoms with Gasteiger partial charge in [0.25, 0.3) is 0 Å². The number of hydrogen-bond acceptors (Lipinski definition) is 3. The summed E-state index contributed by atoms with van der Waals surface area (Å²) in [6, 6.07) is 5.49. The van der Waals surface area contributed by atoms with Crippen molar-refractivity contribution in [3.8, 4) is 0 Å². The quantitative estimate of drug-likeness (QED) is 0.878. The number of aryl methyl sites for hydroxylation is 1. The van der Waals surface area contributed by atoms with Gasteiger partial charge in [0.15, 0.2) is 0 Å². The van der Waals surface area contributed by atoms with Crippen molar-refractivity contribution in [3.63, 3.8) is 0 Å². The van der Waals surface area contributed by atoms with Crippen molar-refractivity contribution < 1.29 is 4.79 Å². The molecular formula is C11H11BrN4O. The summed E-state index contributed by atoms with van der Waals surface area (Å²) >= 11 is 3.27. The van der Waals surface area contributed by atoms with E-state index in [-0.39, 0.29) is 12.3 Å². The lowest BCUT2D eigenvalue weighted by Crippen LogP contribution is -2.14. The zero-order chi connectivity index (χ0) is 12.3. The Morgan fingerprint density at radius 1 is 1.53 bits per heavy atom. The van der Waals surface area contributed by atoms with Crippen molar-refractivity contribution in [3.05, 3.63) is 40.9 Å². The molecule has 0 unspecified atom stereocenters. The molecule has 1 amide bonds. The molecule has 0 fully saturated rings. The second kappa shape index (κ2) is 5.09. The average Bonchev–Trinajstić information content (AvgIpc) is 2.63. The molecular weight excluding hydrogens is 284 g/mol. The van der Waals surface area contributed by atoms with Gasteiger partial charge < -0.3 is 5.32 Å². The summed E-state index contributed by atoms with van der Waals surface area (Å²) in [7, 11) is 1.80. The molecule has 0 aliphatic rings. The highest BCUT2D eigenvalue weighted by Gasteiger charge is 2.06. The lowest BCUT2D eigenvalue weighted by Gasteiger charge is -2.02. The minimum Gasteiger partial charge on any atom is -0.323 e. The summed E-state index contributed by atoms with van der Waals surface area (Å²) in [5.41, 5.74) is 1.41. The molecule has 6 heteroatoms. The molecule has 0 aliphatic carbocycles. The minimum absolute atomic E-state index is 0.108. The van der Waals surface area contributed by atoms with E-state index < -0.39 is 0 Å². The highest BCUT2D eigenvalue weighted by atomic mass is 79.9. The van der Waals surface area contributed by atoms with Crippen LogP contribution in [0.1, 0.15) is 5.69 Å². The van der Waals surface area contributed by atoms with Crippen LogP contribution in [0.15, 0.2) is 35.2 Å². The molecule has 0 radical (unpaired) electrons. The van der Waals surface area contributed by atoms with E-state index in [0.29, 0.717) is 5.69 Å². The second-order valence-electron chi connectivity index (χ2n) is 3.58. The van der Waals surface area contributed by atoms with Crippen molar-refractivity contribution in [2.45, 2.75) is 6.42 Å². The van der Waals surface area contributed by atoms with Gasteiger partial charge >= 0.3 is 0 Å². The first kappa shape index (κ1) is 11.8. The summed E-state index contributed by atoms with van der Waals surface area (Å²) in [5.74, 6) is -0.108. The Balaban J connectivity index is 1.98. The van der Waals surface area contributed by atoms with E-state index in [1.165, 1.54) is 0 Å². The van der Waals surface area contributed by atoms with Crippen LogP contribution >= 0.6 is 15.9 Å². The lowest BCUT2D eigenvalue weighted by molar-refractivity contribution is -0.115. The Bertz CT molecular complexity index is 538. The number of carbonyl (C=O) groups excluding carboxylic acids is 1. The SMILES string of the molecule is Cn1cc(NC(=O)Cc2cccc(Br)n2)cn1. The van der Waals surface area contributed by atoms with Gasteiger partial charge in [-0.25, -0.2) is 4.98 Å². The summed E-state index contributed by atoms with van der Waals surface area (Å²) in [6.07, 6.45) is 3.59. The smallest absolute Gasteiger partial charge is 0.230 e. The van der Waals surface area contributed by atoms with E-state index in [9.17, 15) is 4.79 Å². The van der Waals surface area contributed by atoms with Crippen molar-refractivity contribution in [1.82, 2.24) is 14.8 Å². The zero-order valence-corrected chi connectivity index (χ0v) is 10.8. The number of nitrogens with one attached hydrogen (secondary N) is 1. The molecule has 2 heterocycles. The molecule has 2 aromatic heterocycles. The number of anilines is 1.